The summed E-state index contributed by atoms with van der Waals surface area (Å²) in [4.78, 5) is 29.1. The molecule has 2 heterocycles. The summed E-state index contributed by atoms with van der Waals surface area (Å²) in [5.41, 5.74) is 11.8. The van der Waals surface area contributed by atoms with E-state index < -0.39 is 0 Å². The van der Waals surface area contributed by atoms with E-state index in [2.05, 4.69) is 15.7 Å². The number of nitrogens with zero attached hydrogens (tertiary/aromatic N) is 2. The SMILES string of the molecule is Cc1ccc(NC(=O)c2ccc3c(c2)CCCN3NC(=O)CCOCCOCCN)nc1. The second-order valence-electron chi connectivity index (χ2n) is 7.57. The van der Waals surface area contributed by atoms with Crippen LogP contribution in [-0.2, 0) is 20.7 Å². The zero-order valence-corrected chi connectivity index (χ0v) is 18.4. The average molecular weight is 442 g/mol. The highest BCUT2D eigenvalue weighted by Gasteiger charge is 2.20. The van der Waals surface area contributed by atoms with Gasteiger partial charge in [0.1, 0.15) is 5.82 Å². The minimum absolute atomic E-state index is 0.118. The van der Waals surface area contributed by atoms with Gasteiger partial charge in [-0.15, -0.1) is 0 Å². The van der Waals surface area contributed by atoms with Gasteiger partial charge in [-0.3, -0.25) is 20.0 Å². The third-order valence-electron chi connectivity index (χ3n) is 4.98. The molecule has 0 saturated carbocycles. The second kappa shape index (κ2) is 12.1. The summed E-state index contributed by atoms with van der Waals surface area (Å²) in [5.74, 6) is 0.186. The number of carbonyl (C=O) groups is 2. The number of nitrogens with two attached hydrogens (primary N) is 1. The van der Waals surface area contributed by atoms with Gasteiger partial charge in [0.2, 0.25) is 5.91 Å². The van der Waals surface area contributed by atoms with Crippen LogP contribution in [0.5, 0.6) is 0 Å². The summed E-state index contributed by atoms with van der Waals surface area (Å²) in [6, 6.07) is 9.19. The molecule has 172 valence electrons. The van der Waals surface area contributed by atoms with Crippen LogP contribution in [0.2, 0.25) is 0 Å². The molecule has 0 aliphatic carbocycles. The molecule has 9 nitrogen and oxygen atoms in total. The number of hydrogen-bond acceptors (Lipinski definition) is 7. The number of aryl methyl sites for hydroxylation is 2. The van der Waals surface area contributed by atoms with Gasteiger partial charge in [0.25, 0.3) is 5.91 Å². The predicted molar refractivity (Wildman–Crippen MR) is 122 cm³/mol. The van der Waals surface area contributed by atoms with Gasteiger partial charge < -0.3 is 20.5 Å². The summed E-state index contributed by atoms with van der Waals surface area (Å²) < 4.78 is 10.6. The molecule has 0 saturated heterocycles. The number of aromatic nitrogens is 1. The van der Waals surface area contributed by atoms with Gasteiger partial charge in [-0.2, -0.15) is 0 Å². The van der Waals surface area contributed by atoms with E-state index in [-0.39, 0.29) is 18.2 Å². The number of hydrogen-bond donors (Lipinski definition) is 3. The molecule has 1 aromatic heterocycles. The Kier molecular flexibility index (Phi) is 8.97. The summed E-state index contributed by atoms with van der Waals surface area (Å²) in [5, 5.41) is 4.66. The molecule has 0 atom stereocenters. The number of nitrogens with one attached hydrogen (secondary N) is 2. The molecule has 0 radical (unpaired) electrons. The number of anilines is 2. The molecule has 9 heteroatoms. The van der Waals surface area contributed by atoms with Crippen LogP contribution in [-0.4, -0.2) is 56.3 Å². The first kappa shape index (κ1) is 23.6. The Morgan fingerprint density at radius 3 is 2.69 bits per heavy atom. The van der Waals surface area contributed by atoms with Crippen LogP contribution < -0.4 is 21.5 Å². The maximum absolute atomic E-state index is 12.6. The van der Waals surface area contributed by atoms with Gasteiger partial charge in [0, 0.05) is 24.8 Å². The first-order valence-corrected chi connectivity index (χ1v) is 10.9. The first-order valence-electron chi connectivity index (χ1n) is 10.9. The van der Waals surface area contributed by atoms with E-state index in [1.165, 1.54) is 0 Å². The van der Waals surface area contributed by atoms with Crippen LogP contribution >= 0.6 is 0 Å². The number of pyridine rings is 1. The van der Waals surface area contributed by atoms with Crippen molar-refractivity contribution in [2.75, 3.05) is 49.8 Å². The molecular formula is C23H31N5O4. The lowest BCUT2D eigenvalue weighted by atomic mass is 10.00. The fourth-order valence-electron chi connectivity index (χ4n) is 3.36. The maximum Gasteiger partial charge on any atom is 0.256 e. The first-order chi connectivity index (χ1) is 15.6. The van der Waals surface area contributed by atoms with Crippen molar-refractivity contribution < 1.29 is 19.1 Å². The number of benzene rings is 1. The van der Waals surface area contributed by atoms with Crippen molar-refractivity contribution in [3.05, 3.63) is 53.2 Å². The van der Waals surface area contributed by atoms with E-state index in [9.17, 15) is 9.59 Å². The highest BCUT2D eigenvalue weighted by atomic mass is 16.5. The lowest BCUT2D eigenvalue weighted by Gasteiger charge is -2.31. The van der Waals surface area contributed by atoms with Crippen LogP contribution in [0.3, 0.4) is 0 Å². The topological polar surface area (TPSA) is 119 Å². The maximum atomic E-state index is 12.6. The summed E-state index contributed by atoms with van der Waals surface area (Å²) >= 11 is 0. The Hall–Kier alpha value is -3.01. The molecule has 32 heavy (non-hydrogen) atoms. The fourth-order valence-corrected chi connectivity index (χ4v) is 3.36. The van der Waals surface area contributed by atoms with Gasteiger partial charge >= 0.3 is 0 Å². The molecule has 2 aromatic rings. The quantitative estimate of drug-likeness (QED) is 0.455. The van der Waals surface area contributed by atoms with E-state index in [1.807, 2.05) is 30.1 Å². The molecule has 1 aliphatic heterocycles. The standard InChI is InChI=1S/C23H31N5O4/c1-17-4-7-21(25-16-17)26-23(30)19-5-6-20-18(15-19)3-2-10-28(20)27-22(29)8-11-31-13-14-32-12-9-24/h4-7,15-16H,2-3,8-14,24H2,1H3,(H,27,29)(H,25,26,30). The Balaban J connectivity index is 1.51. The zero-order chi connectivity index (χ0) is 22.8. The fraction of sp³-hybridized carbons (Fsp3) is 0.435. The van der Waals surface area contributed by atoms with Gasteiger partial charge in [-0.1, -0.05) is 6.07 Å². The van der Waals surface area contributed by atoms with E-state index in [4.69, 9.17) is 15.2 Å². The highest BCUT2D eigenvalue weighted by Crippen LogP contribution is 2.27. The van der Waals surface area contributed by atoms with Crippen molar-refractivity contribution in [3.8, 4) is 0 Å². The minimum atomic E-state index is -0.210. The average Bonchev–Trinajstić information content (AvgIpc) is 2.80. The summed E-state index contributed by atoms with van der Waals surface area (Å²) in [6.45, 7) is 4.87. The normalized spacial score (nSPS) is 12.9. The largest absolute Gasteiger partial charge is 0.379 e. The number of hydrazine groups is 1. The molecule has 0 unspecified atom stereocenters. The van der Waals surface area contributed by atoms with Gasteiger partial charge in [-0.25, -0.2) is 4.98 Å². The van der Waals surface area contributed by atoms with Gasteiger partial charge in [-0.05, 0) is 55.2 Å². The molecule has 0 spiro atoms. The van der Waals surface area contributed by atoms with Crippen LogP contribution in [0.25, 0.3) is 0 Å². The van der Waals surface area contributed by atoms with E-state index >= 15 is 0 Å². The van der Waals surface area contributed by atoms with E-state index in [1.54, 1.807) is 18.3 Å². The third-order valence-corrected chi connectivity index (χ3v) is 4.98. The van der Waals surface area contributed by atoms with E-state index in [0.29, 0.717) is 50.9 Å². The smallest absolute Gasteiger partial charge is 0.256 e. The van der Waals surface area contributed by atoms with Crippen molar-refractivity contribution in [2.45, 2.75) is 26.2 Å². The van der Waals surface area contributed by atoms with Gasteiger partial charge in [0.15, 0.2) is 0 Å². The Morgan fingerprint density at radius 1 is 1.12 bits per heavy atom. The van der Waals surface area contributed by atoms with Gasteiger partial charge in [0.05, 0.1) is 38.5 Å². The predicted octanol–water partition coefficient (Wildman–Crippen LogP) is 1.81. The molecule has 0 fully saturated rings. The lowest BCUT2D eigenvalue weighted by molar-refractivity contribution is -0.122. The lowest BCUT2D eigenvalue weighted by Crippen LogP contribution is -2.45. The summed E-state index contributed by atoms with van der Waals surface area (Å²) in [6.07, 6.45) is 3.70. The number of fused-ring (bicyclic) bond motifs is 1. The molecular weight excluding hydrogens is 410 g/mol. The van der Waals surface area contributed by atoms with Crippen LogP contribution in [0, 0.1) is 6.92 Å². The van der Waals surface area contributed by atoms with Crippen molar-refractivity contribution >= 4 is 23.3 Å². The monoisotopic (exact) mass is 441 g/mol. The molecule has 2 amide bonds. The highest BCUT2D eigenvalue weighted by molar-refractivity contribution is 6.04. The van der Waals surface area contributed by atoms with Crippen LogP contribution in [0.1, 0.15) is 34.3 Å². The van der Waals surface area contributed by atoms with Crippen LogP contribution in [0.15, 0.2) is 36.5 Å². The number of rotatable bonds is 11. The third kappa shape index (κ3) is 7.01. The number of carbonyl (C=O) groups excluding carboxylic acids is 2. The molecule has 0 bridgehead atoms. The second-order valence-corrected chi connectivity index (χ2v) is 7.57. The van der Waals surface area contributed by atoms with Crippen molar-refractivity contribution in [1.82, 2.24) is 10.4 Å². The Labute approximate surface area is 188 Å². The molecule has 4 N–H and O–H groups in total. The van der Waals surface area contributed by atoms with Crippen molar-refractivity contribution in [2.24, 2.45) is 5.73 Å². The van der Waals surface area contributed by atoms with Crippen LogP contribution in [0.4, 0.5) is 11.5 Å². The molecule has 1 aromatic carbocycles. The Bertz CT molecular complexity index is 904. The summed E-state index contributed by atoms with van der Waals surface area (Å²) in [7, 11) is 0. The molecule has 1 aliphatic rings. The number of amides is 2. The molecule has 3 rings (SSSR count). The van der Waals surface area contributed by atoms with E-state index in [0.717, 1.165) is 29.7 Å². The Morgan fingerprint density at radius 2 is 1.94 bits per heavy atom. The van der Waals surface area contributed by atoms with Crippen molar-refractivity contribution in [3.63, 3.8) is 0 Å². The zero-order valence-electron chi connectivity index (χ0n) is 18.4. The number of ether oxygens (including phenoxy) is 2. The minimum Gasteiger partial charge on any atom is -0.379 e. The van der Waals surface area contributed by atoms with Crippen molar-refractivity contribution in [1.29, 1.82) is 0 Å².